The molecule has 0 heterocycles. The molecule has 0 spiro atoms. The Hall–Kier alpha value is -3.22. The van der Waals surface area contributed by atoms with Crippen LogP contribution in [0.5, 0.6) is 0 Å². The minimum Gasteiger partial charge on any atom is -0.330 e. The van der Waals surface area contributed by atoms with E-state index in [9.17, 15) is 14.0 Å². The fourth-order valence-electron chi connectivity index (χ4n) is 4.43. The Morgan fingerprint density at radius 3 is 2.47 bits per heavy atom. The predicted molar refractivity (Wildman–Crippen MR) is 132 cm³/mol. The molecule has 176 valence electrons. The number of nitrogens with zero attached hydrogens (tertiary/aromatic N) is 1. The maximum atomic E-state index is 13.8. The summed E-state index contributed by atoms with van der Waals surface area (Å²) in [7, 11) is 0. The maximum Gasteiger partial charge on any atom is 0.255 e. The Kier molecular flexibility index (Phi) is 7.60. The Morgan fingerprint density at radius 2 is 1.71 bits per heavy atom. The molecule has 5 nitrogen and oxygen atoms in total. The third kappa shape index (κ3) is 5.82. The summed E-state index contributed by atoms with van der Waals surface area (Å²) >= 11 is 6.00. The Morgan fingerprint density at radius 1 is 0.971 bits per heavy atom. The van der Waals surface area contributed by atoms with Gasteiger partial charge in [-0.2, -0.15) is 0 Å². The average molecular weight is 480 g/mol. The fourth-order valence-corrected chi connectivity index (χ4v) is 4.62. The highest BCUT2D eigenvalue weighted by Gasteiger charge is 2.31. The van der Waals surface area contributed by atoms with E-state index < -0.39 is 5.82 Å². The van der Waals surface area contributed by atoms with Crippen molar-refractivity contribution in [1.82, 2.24) is 4.90 Å². The molecule has 0 aromatic heterocycles. The zero-order chi connectivity index (χ0) is 24.1. The highest BCUT2D eigenvalue weighted by molar-refractivity contribution is 6.31. The molecule has 3 N–H and O–H groups in total. The van der Waals surface area contributed by atoms with E-state index in [2.05, 4.69) is 5.32 Å². The number of hydrogen-bond acceptors (Lipinski definition) is 3. The third-order valence-electron chi connectivity index (χ3n) is 6.14. The van der Waals surface area contributed by atoms with E-state index in [4.69, 9.17) is 17.3 Å². The molecule has 0 aliphatic heterocycles. The lowest BCUT2D eigenvalue weighted by Gasteiger charge is -2.38. The van der Waals surface area contributed by atoms with E-state index in [0.29, 0.717) is 28.4 Å². The summed E-state index contributed by atoms with van der Waals surface area (Å²) in [6.45, 7) is 0.300. The van der Waals surface area contributed by atoms with Gasteiger partial charge in [-0.1, -0.05) is 48.7 Å². The average Bonchev–Trinajstić information content (AvgIpc) is 2.83. The number of carbonyl (C=O) groups is 2. The van der Waals surface area contributed by atoms with E-state index >= 15 is 0 Å². The van der Waals surface area contributed by atoms with Gasteiger partial charge in [0, 0.05) is 40.5 Å². The largest absolute Gasteiger partial charge is 0.330 e. The Balaban J connectivity index is 1.57. The highest BCUT2D eigenvalue weighted by Crippen LogP contribution is 2.26. The van der Waals surface area contributed by atoms with Crippen LogP contribution in [0.15, 0.2) is 72.8 Å². The number of hydrogen-bond donors (Lipinski definition) is 2. The first kappa shape index (κ1) is 23.9. The second-order valence-corrected chi connectivity index (χ2v) is 9.06. The summed E-state index contributed by atoms with van der Waals surface area (Å²) in [5, 5.41) is 3.36. The predicted octanol–water partition coefficient (Wildman–Crippen LogP) is 5.64. The molecule has 7 heteroatoms. The van der Waals surface area contributed by atoms with Crippen molar-refractivity contribution in [2.75, 3.05) is 5.32 Å². The van der Waals surface area contributed by atoms with Gasteiger partial charge in [0.05, 0.1) is 0 Å². The van der Waals surface area contributed by atoms with E-state index in [1.807, 2.05) is 18.2 Å². The van der Waals surface area contributed by atoms with Gasteiger partial charge in [-0.15, -0.1) is 0 Å². The van der Waals surface area contributed by atoms with Crippen molar-refractivity contribution in [2.24, 2.45) is 5.73 Å². The molecule has 2 atom stereocenters. The summed E-state index contributed by atoms with van der Waals surface area (Å²) in [5.41, 5.74) is 8.61. The van der Waals surface area contributed by atoms with Crippen molar-refractivity contribution in [3.05, 3.63) is 100 Å². The number of anilines is 1. The maximum absolute atomic E-state index is 13.8. The second kappa shape index (κ2) is 10.8. The smallest absolute Gasteiger partial charge is 0.255 e. The van der Waals surface area contributed by atoms with Crippen LogP contribution in [0.2, 0.25) is 5.02 Å². The summed E-state index contributed by atoms with van der Waals surface area (Å²) in [4.78, 5) is 27.8. The van der Waals surface area contributed by atoms with Gasteiger partial charge in [0.2, 0.25) is 0 Å². The van der Waals surface area contributed by atoms with Crippen LogP contribution in [0, 0.1) is 5.82 Å². The van der Waals surface area contributed by atoms with Crippen molar-refractivity contribution in [3.63, 3.8) is 0 Å². The summed E-state index contributed by atoms with van der Waals surface area (Å²) < 4.78 is 13.8. The van der Waals surface area contributed by atoms with Crippen LogP contribution in [-0.2, 0) is 6.54 Å². The zero-order valence-electron chi connectivity index (χ0n) is 18.7. The summed E-state index contributed by atoms with van der Waals surface area (Å²) in [5.74, 6) is -0.985. The standard InChI is InChI=1S/C27H27ClFN3O2/c28-21-9-4-7-19(15-21)26(33)31-23-11-3-6-18(14-23)17-32(25-13-2-1-12-24(25)30)27(34)20-8-5-10-22(29)16-20/h3-11,14-16,24-25H,1-2,12-13,17,30H2,(H,31,33). The number of benzene rings is 3. The zero-order valence-corrected chi connectivity index (χ0v) is 19.5. The molecular formula is C27H27ClFN3O2. The van der Waals surface area contributed by atoms with Crippen LogP contribution in [0.4, 0.5) is 10.1 Å². The lowest BCUT2D eigenvalue weighted by atomic mass is 9.89. The van der Waals surface area contributed by atoms with Gasteiger partial charge in [-0.05, 0) is 66.9 Å². The number of nitrogens with one attached hydrogen (secondary N) is 1. The van der Waals surface area contributed by atoms with Crippen molar-refractivity contribution in [2.45, 2.75) is 44.3 Å². The van der Waals surface area contributed by atoms with Gasteiger partial charge in [-0.3, -0.25) is 9.59 Å². The fraction of sp³-hybridized carbons (Fsp3) is 0.259. The first-order valence-corrected chi connectivity index (χ1v) is 11.8. The molecule has 1 aliphatic rings. The summed E-state index contributed by atoms with van der Waals surface area (Å²) in [6.07, 6.45) is 3.66. The molecule has 2 amide bonds. The molecule has 1 fully saturated rings. The van der Waals surface area contributed by atoms with E-state index in [0.717, 1.165) is 31.2 Å². The quantitative estimate of drug-likeness (QED) is 0.480. The molecule has 2 unspecified atom stereocenters. The first-order valence-electron chi connectivity index (χ1n) is 11.4. The molecule has 1 saturated carbocycles. The Labute approximate surface area is 203 Å². The molecule has 3 aromatic carbocycles. The number of amides is 2. The van der Waals surface area contributed by atoms with Gasteiger partial charge < -0.3 is 16.0 Å². The lowest BCUT2D eigenvalue weighted by Crippen LogP contribution is -2.51. The van der Waals surface area contributed by atoms with Crippen molar-refractivity contribution in [1.29, 1.82) is 0 Å². The number of nitrogens with two attached hydrogens (primary N) is 1. The van der Waals surface area contributed by atoms with Crippen LogP contribution in [0.3, 0.4) is 0 Å². The number of halogens is 2. The normalized spacial score (nSPS) is 17.7. The Bertz CT molecular complexity index is 1190. The van der Waals surface area contributed by atoms with Crippen LogP contribution in [0.25, 0.3) is 0 Å². The number of rotatable bonds is 6. The van der Waals surface area contributed by atoms with Crippen molar-refractivity contribution >= 4 is 29.1 Å². The molecule has 0 saturated heterocycles. The van der Waals surface area contributed by atoms with Crippen LogP contribution >= 0.6 is 11.6 Å². The van der Waals surface area contributed by atoms with E-state index in [1.54, 1.807) is 41.3 Å². The van der Waals surface area contributed by atoms with E-state index in [1.165, 1.54) is 18.2 Å². The lowest BCUT2D eigenvalue weighted by molar-refractivity contribution is 0.0583. The van der Waals surface area contributed by atoms with Crippen LogP contribution in [0.1, 0.15) is 52.0 Å². The summed E-state index contributed by atoms with van der Waals surface area (Å²) in [6, 6.07) is 19.5. The van der Waals surface area contributed by atoms with Gasteiger partial charge in [0.25, 0.3) is 11.8 Å². The van der Waals surface area contributed by atoms with Crippen molar-refractivity contribution < 1.29 is 14.0 Å². The minimum atomic E-state index is -0.454. The third-order valence-corrected chi connectivity index (χ3v) is 6.37. The molecule has 4 rings (SSSR count). The van der Waals surface area contributed by atoms with Gasteiger partial charge in [0.15, 0.2) is 0 Å². The van der Waals surface area contributed by atoms with Gasteiger partial charge in [-0.25, -0.2) is 4.39 Å². The van der Waals surface area contributed by atoms with Gasteiger partial charge >= 0.3 is 0 Å². The molecule has 0 radical (unpaired) electrons. The van der Waals surface area contributed by atoms with Crippen molar-refractivity contribution in [3.8, 4) is 0 Å². The SMILES string of the molecule is NC1CCCCC1N(Cc1cccc(NC(=O)c2cccc(Cl)c2)c1)C(=O)c1cccc(F)c1. The number of carbonyl (C=O) groups excluding carboxylic acids is 2. The molecule has 1 aliphatic carbocycles. The van der Waals surface area contributed by atoms with Crippen LogP contribution in [-0.4, -0.2) is 28.8 Å². The molecular weight excluding hydrogens is 453 g/mol. The topological polar surface area (TPSA) is 75.4 Å². The molecule has 3 aromatic rings. The van der Waals surface area contributed by atoms with Crippen LogP contribution < -0.4 is 11.1 Å². The van der Waals surface area contributed by atoms with E-state index in [-0.39, 0.29) is 23.9 Å². The monoisotopic (exact) mass is 479 g/mol. The minimum absolute atomic E-state index is 0.142. The molecule has 34 heavy (non-hydrogen) atoms. The molecule has 0 bridgehead atoms. The van der Waals surface area contributed by atoms with Gasteiger partial charge in [0.1, 0.15) is 5.82 Å². The highest BCUT2D eigenvalue weighted by atomic mass is 35.5. The second-order valence-electron chi connectivity index (χ2n) is 8.62. The first-order chi connectivity index (χ1) is 16.4.